The third kappa shape index (κ3) is 3.57. The summed E-state index contributed by atoms with van der Waals surface area (Å²) < 4.78 is 0.859. The number of anilines is 1. The first kappa shape index (κ1) is 10.7. The molecule has 0 aliphatic rings. The molecule has 4 nitrogen and oxygen atoms in total. The van der Waals surface area contributed by atoms with Crippen LogP contribution < -0.4 is 10.6 Å². The molecule has 1 rings (SSSR count). The van der Waals surface area contributed by atoms with Crippen molar-refractivity contribution in [1.29, 1.82) is 0 Å². The predicted molar refractivity (Wildman–Crippen MR) is 58.9 cm³/mol. The highest BCUT2D eigenvalue weighted by atomic mass is 79.9. The quantitative estimate of drug-likeness (QED) is 0.854. The summed E-state index contributed by atoms with van der Waals surface area (Å²) >= 11 is 3.27. The Labute approximate surface area is 90.6 Å². The first-order chi connectivity index (χ1) is 6.58. The number of allylic oxidation sites excluding steroid dienone is 1. The number of nitrogens with zero attached hydrogens (tertiary/aromatic N) is 1. The van der Waals surface area contributed by atoms with Gasteiger partial charge in [-0.15, -0.1) is 0 Å². The van der Waals surface area contributed by atoms with Crippen molar-refractivity contribution in [2.75, 3.05) is 5.32 Å². The molecule has 14 heavy (non-hydrogen) atoms. The third-order valence-corrected chi connectivity index (χ3v) is 1.78. The first-order valence-electron chi connectivity index (χ1n) is 3.93. The zero-order valence-electron chi connectivity index (χ0n) is 7.67. The van der Waals surface area contributed by atoms with E-state index in [1.807, 2.05) is 0 Å². The van der Waals surface area contributed by atoms with Gasteiger partial charge in [0.1, 0.15) is 5.82 Å². The zero-order chi connectivity index (χ0) is 10.6. The molecule has 74 valence electrons. The molecule has 0 aromatic carbocycles. The number of rotatable bonds is 2. The normalized spacial score (nSPS) is 9.29. The molecule has 2 N–H and O–H groups in total. The number of hydrogen-bond acceptors (Lipinski definition) is 2. The first-order valence-corrected chi connectivity index (χ1v) is 4.72. The lowest BCUT2D eigenvalue weighted by atomic mass is 10.4. The largest absolute Gasteiger partial charge is 0.324 e. The monoisotopic (exact) mass is 255 g/mol. The Morgan fingerprint density at radius 3 is 2.93 bits per heavy atom. The lowest BCUT2D eigenvalue weighted by molar-refractivity contribution is 0.254. The highest BCUT2D eigenvalue weighted by molar-refractivity contribution is 9.10. The summed E-state index contributed by atoms with van der Waals surface area (Å²) in [5.41, 5.74) is 0.581. The van der Waals surface area contributed by atoms with Crippen LogP contribution in [0.1, 0.15) is 6.92 Å². The number of nitrogens with one attached hydrogen (secondary N) is 2. The van der Waals surface area contributed by atoms with Crippen LogP contribution in [0.25, 0.3) is 0 Å². The molecule has 0 unspecified atom stereocenters. The van der Waals surface area contributed by atoms with Crippen molar-refractivity contribution in [2.24, 2.45) is 0 Å². The average Bonchev–Trinajstić information content (AvgIpc) is 2.01. The molecular formula is C9H10BrN3O. The van der Waals surface area contributed by atoms with E-state index in [4.69, 9.17) is 0 Å². The fourth-order valence-electron chi connectivity index (χ4n) is 0.815. The Hall–Kier alpha value is -1.36. The third-order valence-electron chi connectivity index (χ3n) is 1.29. The summed E-state index contributed by atoms with van der Waals surface area (Å²) in [7, 11) is 0. The van der Waals surface area contributed by atoms with E-state index in [0.29, 0.717) is 11.5 Å². The van der Waals surface area contributed by atoms with E-state index in [1.165, 1.54) is 0 Å². The summed E-state index contributed by atoms with van der Waals surface area (Å²) in [6.45, 7) is 5.25. The van der Waals surface area contributed by atoms with Crippen molar-refractivity contribution in [3.63, 3.8) is 0 Å². The van der Waals surface area contributed by atoms with E-state index in [9.17, 15) is 4.79 Å². The van der Waals surface area contributed by atoms with Gasteiger partial charge >= 0.3 is 6.03 Å². The number of halogens is 1. The van der Waals surface area contributed by atoms with E-state index < -0.39 is 0 Å². The van der Waals surface area contributed by atoms with E-state index in [2.05, 4.69) is 38.1 Å². The molecule has 0 spiro atoms. The summed E-state index contributed by atoms with van der Waals surface area (Å²) in [5, 5.41) is 5.07. The molecule has 0 atom stereocenters. The molecule has 1 heterocycles. The van der Waals surface area contributed by atoms with E-state index in [0.717, 1.165) is 4.47 Å². The van der Waals surface area contributed by atoms with Gasteiger partial charge in [-0.05, 0) is 19.1 Å². The highest BCUT2D eigenvalue weighted by Gasteiger charge is 2.01. The minimum atomic E-state index is -0.344. The summed E-state index contributed by atoms with van der Waals surface area (Å²) in [4.78, 5) is 15.2. The van der Waals surface area contributed by atoms with Gasteiger partial charge in [0.2, 0.25) is 0 Å². The molecule has 0 aliphatic carbocycles. The van der Waals surface area contributed by atoms with Gasteiger partial charge < -0.3 is 5.32 Å². The lowest BCUT2D eigenvalue weighted by Gasteiger charge is -2.05. The van der Waals surface area contributed by atoms with E-state index in [-0.39, 0.29) is 6.03 Å². The predicted octanol–water partition coefficient (Wildman–Crippen LogP) is 2.50. The van der Waals surface area contributed by atoms with Gasteiger partial charge in [0.25, 0.3) is 0 Å². The molecule has 0 aliphatic heterocycles. The minimum Gasteiger partial charge on any atom is -0.312 e. The maximum atomic E-state index is 11.2. The van der Waals surface area contributed by atoms with E-state index >= 15 is 0 Å². The number of aromatic nitrogens is 1. The van der Waals surface area contributed by atoms with Crippen LogP contribution in [0.3, 0.4) is 0 Å². The maximum Gasteiger partial charge on any atom is 0.324 e. The van der Waals surface area contributed by atoms with E-state index in [1.54, 1.807) is 25.3 Å². The van der Waals surface area contributed by atoms with Crippen LogP contribution in [0.5, 0.6) is 0 Å². The minimum absolute atomic E-state index is 0.344. The van der Waals surface area contributed by atoms with Crippen molar-refractivity contribution >= 4 is 27.8 Å². The second kappa shape index (κ2) is 4.76. The summed E-state index contributed by atoms with van der Waals surface area (Å²) in [6.07, 6.45) is 1.60. The van der Waals surface area contributed by atoms with Gasteiger partial charge in [-0.2, -0.15) is 0 Å². The molecule has 2 amide bonds. The smallest absolute Gasteiger partial charge is 0.312 e. The van der Waals surface area contributed by atoms with Crippen LogP contribution >= 0.6 is 15.9 Å². The lowest BCUT2D eigenvalue weighted by Crippen LogP contribution is -2.26. The van der Waals surface area contributed by atoms with Crippen LogP contribution in [0.15, 0.2) is 35.1 Å². The SMILES string of the molecule is C=C(C)NC(=O)Nc1cc(Br)ccn1. The topological polar surface area (TPSA) is 54.0 Å². The van der Waals surface area contributed by atoms with Crippen molar-refractivity contribution in [1.82, 2.24) is 10.3 Å². The molecule has 1 aromatic rings. The van der Waals surface area contributed by atoms with Crippen molar-refractivity contribution in [3.8, 4) is 0 Å². The Balaban J connectivity index is 2.60. The number of carbonyl (C=O) groups excluding carboxylic acids is 1. The van der Waals surface area contributed by atoms with Gasteiger partial charge in [0.15, 0.2) is 0 Å². The Morgan fingerprint density at radius 1 is 1.64 bits per heavy atom. The second-order valence-corrected chi connectivity index (χ2v) is 3.63. The number of pyridine rings is 1. The van der Waals surface area contributed by atoms with Crippen LogP contribution in [-0.4, -0.2) is 11.0 Å². The molecule has 0 saturated heterocycles. The fraction of sp³-hybridized carbons (Fsp3) is 0.111. The van der Waals surface area contributed by atoms with Crippen molar-refractivity contribution < 1.29 is 4.79 Å². The maximum absolute atomic E-state index is 11.2. The van der Waals surface area contributed by atoms with Crippen molar-refractivity contribution in [3.05, 3.63) is 35.1 Å². The van der Waals surface area contributed by atoms with Gasteiger partial charge in [0.05, 0.1) is 0 Å². The van der Waals surface area contributed by atoms with Gasteiger partial charge in [-0.25, -0.2) is 9.78 Å². The average molecular weight is 256 g/mol. The van der Waals surface area contributed by atoms with Crippen LogP contribution in [0, 0.1) is 0 Å². The molecule has 5 heteroatoms. The number of amides is 2. The molecule has 0 radical (unpaired) electrons. The molecule has 0 bridgehead atoms. The molecule has 1 aromatic heterocycles. The fourth-order valence-corrected chi connectivity index (χ4v) is 1.15. The van der Waals surface area contributed by atoms with Gasteiger partial charge in [-0.1, -0.05) is 22.5 Å². The number of carbonyl (C=O) groups is 1. The number of hydrogen-bond donors (Lipinski definition) is 2. The Kier molecular flexibility index (Phi) is 3.64. The van der Waals surface area contributed by atoms with Gasteiger partial charge in [-0.3, -0.25) is 5.32 Å². The highest BCUT2D eigenvalue weighted by Crippen LogP contribution is 2.12. The Bertz CT molecular complexity index is 365. The van der Waals surface area contributed by atoms with Crippen molar-refractivity contribution in [2.45, 2.75) is 6.92 Å². The van der Waals surface area contributed by atoms with Crippen LogP contribution in [-0.2, 0) is 0 Å². The standard InChI is InChI=1S/C9H10BrN3O/c1-6(2)12-9(14)13-8-5-7(10)3-4-11-8/h3-5H,1H2,2H3,(H2,11,12,13,14). The van der Waals surface area contributed by atoms with Gasteiger partial charge in [0, 0.05) is 16.4 Å². The summed E-state index contributed by atoms with van der Waals surface area (Å²) in [6, 6.07) is 3.14. The summed E-state index contributed by atoms with van der Waals surface area (Å²) in [5.74, 6) is 0.484. The van der Waals surface area contributed by atoms with Crippen LogP contribution in [0.4, 0.5) is 10.6 Å². The second-order valence-electron chi connectivity index (χ2n) is 2.72. The van der Waals surface area contributed by atoms with Crippen LogP contribution in [0.2, 0.25) is 0 Å². The molecule has 0 fully saturated rings. The molecule has 0 saturated carbocycles. The zero-order valence-corrected chi connectivity index (χ0v) is 9.26. The Morgan fingerprint density at radius 2 is 2.36 bits per heavy atom. The number of urea groups is 1. The molecular weight excluding hydrogens is 246 g/mol.